The smallest absolute Gasteiger partial charge is 0.263 e. The van der Waals surface area contributed by atoms with Crippen molar-refractivity contribution in [2.75, 3.05) is 5.73 Å². The van der Waals surface area contributed by atoms with Gasteiger partial charge in [-0.05, 0) is 12.1 Å². The first-order chi connectivity index (χ1) is 10.6. The van der Waals surface area contributed by atoms with Gasteiger partial charge in [-0.2, -0.15) is 4.98 Å². The van der Waals surface area contributed by atoms with Crippen molar-refractivity contribution in [2.45, 2.75) is 13.8 Å². The van der Waals surface area contributed by atoms with E-state index in [0.717, 1.165) is 5.56 Å². The number of aromatic amines is 1. The average Bonchev–Trinajstić information content (AvgIpc) is 2.85. The minimum absolute atomic E-state index is 0.103. The van der Waals surface area contributed by atoms with Crippen LogP contribution in [-0.4, -0.2) is 14.5 Å². The van der Waals surface area contributed by atoms with E-state index in [2.05, 4.69) is 21.8 Å². The monoisotopic (exact) mass is 294 g/mol. The molecular formula is C17H18N4O. The first-order valence-corrected chi connectivity index (χ1v) is 7.07. The highest BCUT2D eigenvalue weighted by Crippen LogP contribution is 2.14. The van der Waals surface area contributed by atoms with Crippen LogP contribution in [0.25, 0.3) is 11.0 Å². The van der Waals surface area contributed by atoms with Gasteiger partial charge in [0.15, 0.2) is 5.65 Å². The van der Waals surface area contributed by atoms with Crippen molar-refractivity contribution in [3.8, 4) is 11.8 Å². The molecule has 0 aliphatic rings. The summed E-state index contributed by atoms with van der Waals surface area (Å²) in [6.45, 7) is 4.00. The standard InChI is InChI=1S/C15H12N4O.C2H6/c1-19-9-11(8-7-10-5-3-2-4-6-10)12-13(19)17-15(16)18-14(12)20;1-2/h2-6,9H,1H3,(H3,16,17,18,20);1-2H3. The number of benzene rings is 1. The molecule has 22 heavy (non-hydrogen) atoms. The summed E-state index contributed by atoms with van der Waals surface area (Å²) >= 11 is 0. The van der Waals surface area contributed by atoms with Crippen LogP contribution in [0.1, 0.15) is 25.0 Å². The molecule has 0 saturated carbocycles. The molecule has 2 heterocycles. The number of hydrogen-bond acceptors (Lipinski definition) is 3. The fraction of sp³-hybridized carbons (Fsp3) is 0.176. The number of H-pyrrole nitrogens is 1. The number of nitrogens with two attached hydrogens (primary N) is 1. The van der Waals surface area contributed by atoms with Crippen LogP contribution in [0.4, 0.5) is 5.95 Å². The van der Waals surface area contributed by atoms with E-state index >= 15 is 0 Å². The molecule has 5 heteroatoms. The van der Waals surface area contributed by atoms with Crippen LogP contribution < -0.4 is 11.3 Å². The fourth-order valence-corrected chi connectivity index (χ4v) is 2.05. The van der Waals surface area contributed by atoms with E-state index in [4.69, 9.17) is 5.73 Å². The average molecular weight is 294 g/mol. The third-order valence-electron chi connectivity index (χ3n) is 2.96. The summed E-state index contributed by atoms with van der Waals surface area (Å²) < 4.78 is 1.75. The number of nitrogens with one attached hydrogen (secondary N) is 1. The summed E-state index contributed by atoms with van der Waals surface area (Å²) in [5.74, 6) is 6.15. The second kappa shape index (κ2) is 6.64. The Labute approximate surface area is 128 Å². The number of fused-ring (bicyclic) bond motifs is 1. The molecule has 2 aromatic heterocycles. The molecule has 0 radical (unpaired) electrons. The van der Waals surface area contributed by atoms with Crippen LogP contribution in [0.15, 0.2) is 41.3 Å². The first-order valence-electron chi connectivity index (χ1n) is 7.07. The molecule has 1 aromatic carbocycles. The van der Waals surface area contributed by atoms with Crippen LogP contribution in [0.3, 0.4) is 0 Å². The number of anilines is 1. The Morgan fingerprint density at radius 1 is 1.18 bits per heavy atom. The van der Waals surface area contributed by atoms with Crippen molar-refractivity contribution in [1.29, 1.82) is 0 Å². The predicted molar refractivity (Wildman–Crippen MR) is 89.5 cm³/mol. The van der Waals surface area contributed by atoms with E-state index in [9.17, 15) is 4.79 Å². The van der Waals surface area contributed by atoms with Gasteiger partial charge in [-0.25, -0.2) is 0 Å². The highest BCUT2D eigenvalue weighted by Gasteiger charge is 2.10. The fourth-order valence-electron chi connectivity index (χ4n) is 2.05. The van der Waals surface area contributed by atoms with Crippen LogP contribution in [-0.2, 0) is 7.05 Å². The summed E-state index contributed by atoms with van der Waals surface area (Å²) in [5.41, 5.74) is 7.34. The van der Waals surface area contributed by atoms with Crippen molar-refractivity contribution < 1.29 is 0 Å². The largest absolute Gasteiger partial charge is 0.369 e. The topological polar surface area (TPSA) is 76.7 Å². The lowest BCUT2D eigenvalue weighted by atomic mass is 10.2. The molecule has 0 spiro atoms. The third kappa shape index (κ3) is 3.01. The van der Waals surface area contributed by atoms with Gasteiger partial charge >= 0.3 is 0 Å². The molecule has 5 nitrogen and oxygen atoms in total. The maximum absolute atomic E-state index is 12.0. The van der Waals surface area contributed by atoms with Crippen molar-refractivity contribution in [2.24, 2.45) is 7.05 Å². The van der Waals surface area contributed by atoms with E-state index < -0.39 is 0 Å². The lowest BCUT2D eigenvalue weighted by molar-refractivity contribution is 0.943. The zero-order valence-electron chi connectivity index (χ0n) is 12.8. The minimum atomic E-state index is -0.273. The number of nitrogen functional groups attached to an aromatic ring is 1. The quantitative estimate of drug-likeness (QED) is 0.624. The first kappa shape index (κ1) is 15.4. The Morgan fingerprint density at radius 2 is 1.86 bits per heavy atom. The molecule has 0 bridgehead atoms. The predicted octanol–water partition coefficient (Wildman–Crippen LogP) is 2.27. The van der Waals surface area contributed by atoms with Crippen LogP contribution in [0, 0.1) is 11.8 Å². The summed E-state index contributed by atoms with van der Waals surface area (Å²) in [4.78, 5) is 18.6. The van der Waals surface area contributed by atoms with E-state index in [1.54, 1.807) is 10.8 Å². The number of rotatable bonds is 0. The van der Waals surface area contributed by atoms with Gasteiger partial charge in [-0.1, -0.05) is 43.9 Å². The summed E-state index contributed by atoms with van der Waals surface area (Å²) in [6.07, 6.45) is 1.78. The molecule has 3 N–H and O–H groups in total. The summed E-state index contributed by atoms with van der Waals surface area (Å²) in [6, 6.07) is 9.60. The Hall–Kier alpha value is -3.00. The number of nitrogens with zero attached hydrogens (tertiary/aromatic N) is 2. The van der Waals surface area contributed by atoms with Crippen LogP contribution >= 0.6 is 0 Å². The Kier molecular flexibility index (Phi) is 4.64. The molecule has 0 aliphatic carbocycles. The van der Waals surface area contributed by atoms with Gasteiger partial charge in [-0.3, -0.25) is 9.78 Å². The molecule has 3 aromatic rings. The van der Waals surface area contributed by atoms with Gasteiger partial charge in [0.2, 0.25) is 5.95 Å². The number of hydrogen-bond donors (Lipinski definition) is 2. The lowest BCUT2D eigenvalue weighted by Gasteiger charge is -1.95. The second-order valence-electron chi connectivity index (χ2n) is 4.42. The zero-order valence-corrected chi connectivity index (χ0v) is 12.8. The molecule has 0 amide bonds. The molecule has 0 saturated heterocycles. The number of aryl methyl sites for hydroxylation is 1. The zero-order chi connectivity index (χ0) is 16.1. The molecule has 3 rings (SSSR count). The Bertz CT molecular complexity index is 895. The van der Waals surface area contributed by atoms with Crippen molar-refractivity contribution in [1.82, 2.24) is 14.5 Å². The maximum Gasteiger partial charge on any atom is 0.263 e. The van der Waals surface area contributed by atoms with Gasteiger partial charge < -0.3 is 10.3 Å². The molecule has 112 valence electrons. The molecule has 0 atom stereocenters. The van der Waals surface area contributed by atoms with Crippen LogP contribution in [0.2, 0.25) is 0 Å². The van der Waals surface area contributed by atoms with Gasteiger partial charge in [0.1, 0.15) is 0 Å². The minimum Gasteiger partial charge on any atom is -0.369 e. The van der Waals surface area contributed by atoms with Gasteiger partial charge in [0, 0.05) is 18.8 Å². The third-order valence-corrected chi connectivity index (χ3v) is 2.96. The Balaban J connectivity index is 0.000000847. The van der Waals surface area contributed by atoms with Crippen molar-refractivity contribution in [3.63, 3.8) is 0 Å². The van der Waals surface area contributed by atoms with Gasteiger partial charge in [-0.15, -0.1) is 0 Å². The molecule has 0 unspecified atom stereocenters. The van der Waals surface area contributed by atoms with E-state index in [1.807, 2.05) is 51.2 Å². The molecule has 0 aliphatic heterocycles. The molecule has 0 fully saturated rings. The van der Waals surface area contributed by atoms with Crippen molar-refractivity contribution >= 4 is 17.0 Å². The van der Waals surface area contributed by atoms with E-state index in [1.165, 1.54) is 0 Å². The summed E-state index contributed by atoms with van der Waals surface area (Å²) in [5, 5.41) is 0.463. The van der Waals surface area contributed by atoms with E-state index in [0.29, 0.717) is 16.6 Å². The highest BCUT2D eigenvalue weighted by atomic mass is 16.1. The second-order valence-corrected chi connectivity index (χ2v) is 4.42. The van der Waals surface area contributed by atoms with Crippen molar-refractivity contribution in [3.05, 3.63) is 58.0 Å². The summed E-state index contributed by atoms with van der Waals surface area (Å²) in [7, 11) is 1.81. The highest BCUT2D eigenvalue weighted by molar-refractivity contribution is 5.83. The number of aromatic nitrogens is 3. The maximum atomic E-state index is 12.0. The van der Waals surface area contributed by atoms with Gasteiger partial charge in [0.05, 0.1) is 10.9 Å². The Morgan fingerprint density at radius 3 is 2.55 bits per heavy atom. The normalized spacial score (nSPS) is 9.59. The SMILES string of the molecule is CC.Cn1cc(C#Cc2ccccc2)c2c(=O)[nH]c(N)nc21. The molecular weight excluding hydrogens is 276 g/mol. The van der Waals surface area contributed by atoms with Crippen LogP contribution in [0.5, 0.6) is 0 Å². The van der Waals surface area contributed by atoms with E-state index in [-0.39, 0.29) is 11.5 Å². The lowest BCUT2D eigenvalue weighted by Crippen LogP contribution is -2.11. The van der Waals surface area contributed by atoms with Gasteiger partial charge in [0.25, 0.3) is 5.56 Å².